The van der Waals surface area contributed by atoms with Crippen LogP contribution in [0.3, 0.4) is 0 Å². The minimum absolute atomic E-state index is 0.133. The zero-order valence-electron chi connectivity index (χ0n) is 10.5. The summed E-state index contributed by atoms with van der Waals surface area (Å²) in [5.41, 5.74) is 0.788. The van der Waals surface area contributed by atoms with Crippen molar-refractivity contribution >= 4 is 11.9 Å². The van der Waals surface area contributed by atoms with Gasteiger partial charge in [-0.3, -0.25) is 9.59 Å². The van der Waals surface area contributed by atoms with Crippen LogP contribution in [0.25, 0.3) is 0 Å². The Morgan fingerprint density at radius 3 is 2.39 bits per heavy atom. The predicted molar refractivity (Wildman–Crippen MR) is 68.1 cm³/mol. The molecule has 0 spiro atoms. The van der Waals surface area contributed by atoms with Crippen molar-refractivity contribution in [3.63, 3.8) is 0 Å². The molecule has 2 atom stereocenters. The number of carboxylic acid groups (broad SMARTS) is 1. The molecule has 1 aromatic carbocycles. The van der Waals surface area contributed by atoms with E-state index in [0.29, 0.717) is 0 Å². The van der Waals surface area contributed by atoms with Crippen LogP contribution in [0.15, 0.2) is 30.3 Å². The Morgan fingerprint density at radius 2 is 1.89 bits per heavy atom. The molecule has 98 valence electrons. The quantitative estimate of drug-likeness (QED) is 0.701. The minimum Gasteiger partial charge on any atom is -0.481 e. The first-order valence-corrected chi connectivity index (χ1v) is 5.79. The van der Waals surface area contributed by atoms with E-state index in [1.54, 1.807) is 26.1 Å². The van der Waals surface area contributed by atoms with Gasteiger partial charge in [0, 0.05) is 0 Å². The van der Waals surface area contributed by atoms with Gasteiger partial charge in [-0.1, -0.05) is 30.3 Å². The molecule has 5 nitrogen and oxygen atoms in total. The largest absolute Gasteiger partial charge is 0.481 e. The van der Waals surface area contributed by atoms with E-state index >= 15 is 0 Å². The molecule has 3 N–H and O–H groups in total. The van der Waals surface area contributed by atoms with E-state index in [9.17, 15) is 9.59 Å². The number of hydrogen-bond acceptors (Lipinski definition) is 3. The number of benzene rings is 1. The van der Waals surface area contributed by atoms with Gasteiger partial charge in [0.2, 0.25) is 5.91 Å². The van der Waals surface area contributed by atoms with Crippen molar-refractivity contribution in [3.8, 4) is 0 Å². The zero-order valence-corrected chi connectivity index (χ0v) is 10.5. The first kappa shape index (κ1) is 14.2. The predicted octanol–water partition coefficient (Wildman–Crippen LogP) is 0.926. The lowest BCUT2D eigenvalue weighted by Gasteiger charge is -2.19. The van der Waals surface area contributed by atoms with Crippen LogP contribution < -0.4 is 10.6 Å². The highest BCUT2D eigenvalue weighted by Crippen LogP contribution is 2.16. The van der Waals surface area contributed by atoms with E-state index in [0.717, 1.165) is 5.56 Å². The third-order valence-electron chi connectivity index (χ3n) is 2.72. The molecule has 1 rings (SSSR count). The van der Waals surface area contributed by atoms with Gasteiger partial charge in [-0.2, -0.15) is 0 Å². The number of likely N-dealkylation sites (N-methyl/N-ethyl adjacent to an activating group) is 1. The highest BCUT2D eigenvalue weighted by atomic mass is 16.4. The zero-order chi connectivity index (χ0) is 13.5. The summed E-state index contributed by atoms with van der Waals surface area (Å²) >= 11 is 0. The van der Waals surface area contributed by atoms with Crippen LogP contribution in [-0.2, 0) is 9.59 Å². The molecular formula is C13H18N2O3. The Bertz CT molecular complexity index is 406. The Hall–Kier alpha value is -1.88. The van der Waals surface area contributed by atoms with Crippen LogP contribution in [0.2, 0.25) is 0 Å². The summed E-state index contributed by atoms with van der Waals surface area (Å²) in [6.07, 6.45) is -0.133. The van der Waals surface area contributed by atoms with Gasteiger partial charge in [-0.25, -0.2) is 0 Å². The molecule has 5 heteroatoms. The Balaban J connectivity index is 2.80. The molecule has 0 aliphatic carbocycles. The van der Waals surface area contributed by atoms with E-state index in [1.165, 1.54) is 0 Å². The SMILES string of the molecule is CNC(C)C(=O)NC(CC(=O)O)c1ccccc1. The fourth-order valence-corrected chi connectivity index (χ4v) is 1.54. The van der Waals surface area contributed by atoms with Crippen molar-refractivity contribution in [2.45, 2.75) is 25.4 Å². The number of nitrogens with one attached hydrogen (secondary N) is 2. The highest BCUT2D eigenvalue weighted by molar-refractivity contribution is 5.82. The first-order valence-electron chi connectivity index (χ1n) is 5.79. The van der Waals surface area contributed by atoms with E-state index in [1.807, 2.05) is 18.2 Å². The Kier molecular flexibility index (Phi) is 5.32. The maximum atomic E-state index is 11.8. The van der Waals surface area contributed by atoms with Gasteiger partial charge in [-0.15, -0.1) is 0 Å². The van der Waals surface area contributed by atoms with Crippen molar-refractivity contribution in [1.82, 2.24) is 10.6 Å². The minimum atomic E-state index is -0.943. The van der Waals surface area contributed by atoms with Crippen LogP contribution in [0.4, 0.5) is 0 Å². The summed E-state index contributed by atoms with van der Waals surface area (Å²) < 4.78 is 0. The van der Waals surface area contributed by atoms with Crippen molar-refractivity contribution in [2.75, 3.05) is 7.05 Å². The van der Waals surface area contributed by atoms with Gasteiger partial charge in [0.05, 0.1) is 18.5 Å². The summed E-state index contributed by atoms with van der Waals surface area (Å²) in [5.74, 6) is -1.16. The molecule has 0 heterocycles. The first-order chi connectivity index (χ1) is 8.54. The normalized spacial score (nSPS) is 13.7. The number of rotatable bonds is 6. The lowest BCUT2D eigenvalue weighted by Crippen LogP contribution is -2.42. The second-order valence-corrected chi connectivity index (χ2v) is 4.08. The molecule has 0 aromatic heterocycles. The number of carbonyl (C=O) groups excluding carboxylic acids is 1. The van der Waals surface area contributed by atoms with Crippen molar-refractivity contribution in [2.24, 2.45) is 0 Å². The van der Waals surface area contributed by atoms with Gasteiger partial charge in [-0.05, 0) is 19.5 Å². The third kappa shape index (κ3) is 4.18. The maximum absolute atomic E-state index is 11.8. The molecule has 0 aliphatic heterocycles. The molecule has 0 bridgehead atoms. The number of carboxylic acids is 1. The summed E-state index contributed by atoms with van der Waals surface area (Å²) in [4.78, 5) is 22.6. The van der Waals surface area contributed by atoms with E-state index in [2.05, 4.69) is 10.6 Å². The number of amides is 1. The second kappa shape index (κ2) is 6.76. The standard InChI is InChI=1S/C13H18N2O3/c1-9(14-2)13(18)15-11(8-12(16)17)10-6-4-3-5-7-10/h3-7,9,11,14H,8H2,1-2H3,(H,15,18)(H,16,17). The molecule has 0 fully saturated rings. The Morgan fingerprint density at radius 1 is 1.28 bits per heavy atom. The Labute approximate surface area is 106 Å². The fourth-order valence-electron chi connectivity index (χ4n) is 1.54. The van der Waals surface area contributed by atoms with Crippen LogP contribution in [-0.4, -0.2) is 30.1 Å². The van der Waals surface area contributed by atoms with Crippen LogP contribution in [0, 0.1) is 0 Å². The van der Waals surface area contributed by atoms with E-state index < -0.39 is 12.0 Å². The maximum Gasteiger partial charge on any atom is 0.305 e. The molecule has 0 saturated carbocycles. The molecule has 1 aromatic rings. The molecule has 2 unspecified atom stereocenters. The summed E-state index contributed by atoms with van der Waals surface area (Å²) in [7, 11) is 1.68. The second-order valence-electron chi connectivity index (χ2n) is 4.08. The topological polar surface area (TPSA) is 78.4 Å². The number of hydrogen-bond donors (Lipinski definition) is 3. The summed E-state index contributed by atoms with van der Waals surface area (Å²) in [6, 6.07) is 8.22. The smallest absolute Gasteiger partial charge is 0.305 e. The number of aliphatic carboxylic acids is 1. The van der Waals surface area contributed by atoms with Gasteiger partial charge < -0.3 is 15.7 Å². The van der Waals surface area contributed by atoms with Crippen LogP contribution >= 0.6 is 0 Å². The van der Waals surface area contributed by atoms with Crippen LogP contribution in [0.5, 0.6) is 0 Å². The highest BCUT2D eigenvalue weighted by Gasteiger charge is 2.20. The molecule has 0 aliphatic rings. The van der Waals surface area contributed by atoms with E-state index in [4.69, 9.17) is 5.11 Å². The van der Waals surface area contributed by atoms with Gasteiger partial charge in [0.15, 0.2) is 0 Å². The van der Waals surface area contributed by atoms with Crippen LogP contribution in [0.1, 0.15) is 24.9 Å². The lowest BCUT2D eigenvalue weighted by molar-refractivity contribution is -0.137. The average molecular weight is 250 g/mol. The van der Waals surface area contributed by atoms with Crippen molar-refractivity contribution < 1.29 is 14.7 Å². The van der Waals surface area contributed by atoms with Gasteiger partial charge in [0.25, 0.3) is 0 Å². The molecule has 0 saturated heterocycles. The monoisotopic (exact) mass is 250 g/mol. The fraction of sp³-hybridized carbons (Fsp3) is 0.385. The molecule has 18 heavy (non-hydrogen) atoms. The summed E-state index contributed by atoms with van der Waals surface area (Å²) in [6.45, 7) is 1.72. The molecule has 0 radical (unpaired) electrons. The van der Waals surface area contributed by atoms with E-state index in [-0.39, 0.29) is 18.4 Å². The number of carbonyl (C=O) groups is 2. The molecule has 1 amide bonds. The summed E-state index contributed by atoms with van der Waals surface area (Å²) in [5, 5.41) is 14.4. The molecular weight excluding hydrogens is 232 g/mol. The van der Waals surface area contributed by atoms with Crippen molar-refractivity contribution in [3.05, 3.63) is 35.9 Å². The lowest BCUT2D eigenvalue weighted by atomic mass is 10.0. The third-order valence-corrected chi connectivity index (χ3v) is 2.72. The van der Waals surface area contributed by atoms with Crippen molar-refractivity contribution in [1.29, 1.82) is 0 Å². The van der Waals surface area contributed by atoms with Gasteiger partial charge in [0.1, 0.15) is 0 Å². The van der Waals surface area contributed by atoms with Gasteiger partial charge >= 0.3 is 5.97 Å². The average Bonchev–Trinajstić information content (AvgIpc) is 2.37.